The van der Waals surface area contributed by atoms with Crippen molar-refractivity contribution in [1.82, 2.24) is 10.2 Å². The largest absolute Gasteiger partial charge is 0.401 e. The Bertz CT molecular complexity index is 998. The van der Waals surface area contributed by atoms with Crippen molar-refractivity contribution in [2.24, 2.45) is 5.73 Å². The van der Waals surface area contributed by atoms with Crippen LogP contribution in [0.2, 0.25) is 0 Å². The molecule has 2 aromatic rings. The van der Waals surface area contributed by atoms with E-state index in [2.05, 4.69) is 84.8 Å². The van der Waals surface area contributed by atoms with Gasteiger partial charge in [0.2, 0.25) is 0 Å². The molecule has 4 rings (SSSR count). The zero-order valence-electron chi connectivity index (χ0n) is 19.3. The smallest absolute Gasteiger partial charge is 0.0605 e. The number of benzene rings is 2. The monoisotopic (exact) mass is 416 g/mol. The van der Waals surface area contributed by atoms with Gasteiger partial charge in [-0.05, 0) is 81.0 Å². The highest BCUT2D eigenvalue weighted by molar-refractivity contribution is 5.75. The second kappa shape index (κ2) is 9.19. The van der Waals surface area contributed by atoms with Gasteiger partial charge in [-0.15, -0.1) is 0 Å². The maximum atomic E-state index is 6.27. The fraction of sp³-hybridized carbons (Fsp3) is 0.407. The summed E-state index contributed by atoms with van der Waals surface area (Å²) < 4.78 is 0. The summed E-state index contributed by atoms with van der Waals surface area (Å²) in [5.74, 6) is 0. The molecule has 0 bridgehead atoms. The molecule has 0 saturated carbocycles. The highest BCUT2D eigenvalue weighted by Crippen LogP contribution is 2.35. The number of nitrogens with zero attached hydrogens (tertiary/aromatic N) is 1. The number of hydrogen-bond donors (Lipinski definition) is 3. The van der Waals surface area contributed by atoms with E-state index >= 15 is 0 Å². The normalized spacial score (nSPS) is 21.1. The van der Waals surface area contributed by atoms with Gasteiger partial charge in [0.25, 0.3) is 0 Å². The molecular formula is C27H36N4. The van der Waals surface area contributed by atoms with Gasteiger partial charge in [0.1, 0.15) is 0 Å². The molecule has 0 saturated heterocycles. The Morgan fingerprint density at radius 3 is 2.71 bits per heavy atom. The zero-order chi connectivity index (χ0) is 22.0. The van der Waals surface area contributed by atoms with Crippen LogP contribution in [0, 0.1) is 6.92 Å². The van der Waals surface area contributed by atoms with Crippen molar-refractivity contribution in [3.63, 3.8) is 0 Å². The fourth-order valence-electron chi connectivity index (χ4n) is 4.72. The van der Waals surface area contributed by atoms with Gasteiger partial charge in [-0.3, -0.25) is 4.90 Å². The highest BCUT2D eigenvalue weighted by Gasteiger charge is 2.24. The van der Waals surface area contributed by atoms with Crippen LogP contribution in [-0.2, 0) is 0 Å². The minimum Gasteiger partial charge on any atom is -0.401 e. The summed E-state index contributed by atoms with van der Waals surface area (Å²) in [5, 5.41) is 7.37. The summed E-state index contributed by atoms with van der Waals surface area (Å²) in [5.41, 5.74) is 16.0. The third-order valence-electron chi connectivity index (χ3n) is 6.53. The van der Waals surface area contributed by atoms with Crippen molar-refractivity contribution in [1.29, 1.82) is 0 Å². The van der Waals surface area contributed by atoms with Crippen LogP contribution in [0.5, 0.6) is 0 Å². The van der Waals surface area contributed by atoms with Gasteiger partial charge in [0.05, 0.1) is 11.7 Å². The van der Waals surface area contributed by atoms with Crippen LogP contribution in [0.3, 0.4) is 0 Å². The Hall–Kier alpha value is -2.72. The van der Waals surface area contributed by atoms with Crippen LogP contribution in [0.4, 0.5) is 5.69 Å². The average molecular weight is 417 g/mol. The summed E-state index contributed by atoms with van der Waals surface area (Å²) in [6.07, 6.45) is 4.51. The van der Waals surface area contributed by atoms with E-state index < -0.39 is 0 Å². The molecule has 31 heavy (non-hydrogen) atoms. The van der Waals surface area contributed by atoms with Crippen molar-refractivity contribution in [3.8, 4) is 0 Å². The molecule has 0 aliphatic carbocycles. The third-order valence-corrected chi connectivity index (χ3v) is 6.53. The summed E-state index contributed by atoms with van der Waals surface area (Å²) >= 11 is 0. The number of hydrogen-bond acceptors (Lipinski definition) is 4. The van der Waals surface area contributed by atoms with Gasteiger partial charge in [-0.2, -0.15) is 0 Å². The van der Waals surface area contributed by atoms with Crippen LogP contribution >= 0.6 is 0 Å². The molecule has 4 N–H and O–H groups in total. The molecule has 164 valence electrons. The van der Waals surface area contributed by atoms with E-state index in [1.54, 1.807) is 0 Å². The summed E-state index contributed by atoms with van der Waals surface area (Å²) in [4.78, 5) is 2.53. The maximum absolute atomic E-state index is 6.27. The Morgan fingerprint density at radius 1 is 1.19 bits per heavy atom. The van der Waals surface area contributed by atoms with Gasteiger partial charge in [0.15, 0.2) is 0 Å². The molecule has 4 nitrogen and oxygen atoms in total. The molecule has 0 amide bonds. The first-order chi connectivity index (χ1) is 14.9. The van der Waals surface area contributed by atoms with E-state index in [1.165, 1.54) is 33.5 Å². The summed E-state index contributed by atoms with van der Waals surface area (Å²) in [7, 11) is 0. The highest BCUT2D eigenvalue weighted by atomic mass is 15.1. The van der Waals surface area contributed by atoms with E-state index in [0.717, 1.165) is 43.9 Å². The van der Waals surface area contributed by atoms with Gasteiger partial charge in [-0.1, -0.05) is 30.3 Å². The van der Waals surface area contributed by atoms with Crippen LogP contribution in [0.25, 0.3) is 11.3 Å². The molecule has 0 spiro atoms. The second-order valence-electron chi connectivity index (χ2n) is 9.21. The van der Waals surface area contributed by atoms with E-state index in [0.29, 0.717) is 6.04 Å². The third kappa shape index (κ3) is 4.80. The molecule has 1 unspecified atom stereocenters. The van der Waals surface area contributed by atoms with Crippen LogP contribution in [0.15, 0.2) is 54.2 Å². The quantitative estimate of drug-likeness (QED) is 0.634. The first-order valence-electron chi connectivity index (χ1n) is 11.5. The fourth-order valence-corrected chi connectivity index (χ4v) is 4.72. The lowest BCUT2D eigenvalue weighted by molar-refractivity contribution is 0.245. The minimum absolute atomic E-state index is 0.234. The molecular weight excluding hydrogens is 380 g/mol. The average Bonchev–Trinajstić information content (AvgIpc) is 2.93. The predicted molar refractivity (Wildman–Crippen MR) is 133 cm³/mol. The first-order valence-corrected chi connectivity index (χ1v) is 11.5. The topological polar surface area (TPSA) is 53.3 Å². The number of nitrogens with one attached hydrogen (secondary N) is 2. The molecule has 2 heterocycles. The predicted octanol–water partition coefficient (Wildman–Crippen LogP) is 5.29. The molecule has 0 fully saturated rings. The standard InChI is InChI=1S/C27H36N4/c1-18(2)31-14-11-21(12-15-31)22-8-9-24-25(17-22)26(10-13-29-27(24)20(4)28)30-23-7-5-6-19(3)16-23/h5-9,11,16-18,26,29-30H,10,12-15,28H2,1-4H3/b27-20-. The van der Waals surface area contributed by atoms with Crippen LogP contribution in [0.1, 0.15) is 61.9 Å². The molecule has 0 aromatic heterocycles. The van der Waals surface area contributed by atoms with E-state index in [1.807, 2.05) is 6.92 Å². The lowest BCUT2D eigenvalue weighted by Gasteiger charge is -2.30. The Morgan fingerprint density at radius 2 is 2.03 bits per heavy atom. The van der Waals surface area contributed by atoms with Crippen LogP contribution < -0.4 is 16.4 Å². The maximum Gasteiger partial charge on any atom is 0.0605 e. The SMILES string of the molecule is C/C(N)=C1/NCCC(Nc2cccc(C)c2)c2cc(C3=CCN(C(C)C)CC3)ccc21. The van der Waals surface area contributed by atoms with Crippen molar-refractivity contribution in [2.75, 3.05) is 25.0 Å². The van der Waals surface area contributed by atoms with Gasteiger partial charge >= 0.3 is 0 Å². The van der Waals surface area contributed by atoms with Crippen LogP contribution in [-0.4, -0.2) is 30.6 Å². The van der Waals surface area contributed by atoms with Crippen molar-refractivity contribution in [3.05, 3.63) is 76.5 Å². The molecule has 0 radical (unpaired) electrons. The Kier molecular flexibility index (Phi) is 6.38. The van der Waals surface area contributed by atoms with Crippen molar-refractivity contribution < 1.29 is 0 Å². The first kappa shape index (κ1) is 21.5. The molecule has 1 atom stereocenters. The Labute approximate surface area is 187 Å². The van der Waals surface area contributed by atoms with Crippen molar-refractivity contribution in [2.45, 2.75) is 52.6 Å². The van der Waals surface area contributed by atoms with E-state index in [4.69, 9.17) is 5.73 Å². The van der Waals surface area contributed by atoms with Gasteiger partial charge < -0.3 is 16.4 Å². The van der Waals surface area contributed by atoms with E-state index in [9.17, 15) is 0 Å². The molecule has 2 aliphatic rings. The minimum atomic E-state index is 0.234. The number of anilines is 1. The number of aryl methyl sites for hydroxylation is 1. The molecule has 2 aliphatic heterocycles. The number of fused-ring (bicyclic) bond motifs is 1. The van der Waals surface area contributed by atoms with E-state index in [-0.39, 0.29) is 6.04 Å². The summed E-state index contributed by atoms with van der Waals surface area (Å²) in [6, 6.07) is 16.4. The number of rotatable bonds is 4. The van der Waals surface area contributed by atoms with Gasteiger partial charge in [0, 0.05) is 42.6 Å². The Balaban J connectivity index is 1.71. The summed E-state index contributed by atoms with van der Waals surface area (Å²) in [6.45, 7) is 11.7. The second-order valence-corrected chi connectivity index (χ2v) is 9.21. The zero-order valence-corrected chi connectivity index (χ0v) is 19.3. The molecule has 4 heteroatoms. The lowest BCUT2D eigenvalue weighted by atomic mass is 9.90. The lowest BCUT2D eigenvalue weighted by Crippen LogP contribution is -2.34. The number of nitrogens with two attached hydrogens (primary N) is 1. The van der Waals surface area contributed by atoms with Gasteiger partial charge in [-0.25, -0.2) is 0 Å². The van der Waals surface area contributed by atoms with Crippen molar-refractivity contribution >= 4 is 17.0 Å². The number of allylic oxidation sites excluding steroid dienone is 1. The molecule has 2 aromatic carbocycles.